The molecule has 1 fully saturated rings. The first-order valence-electron chi connectivity index (χ1n) is 9.66. The number of amides is 4. The van der Waals surface area contributed by atoms with E-state index in [-0.39, 0.29) is 22.9 Å². The Morgan fingerprint density at radius 3 is 2.30 bits per heavy atom. The number of anilines is 1. The van der Waals surface area contributed by atoms with Gasteiger partial charge < -0.3 is 4.74 Å². The van der Waals surface area contributed by atoms with E-state index in [1.807, 2.05) is 12.1 Å². The second-order valence-electron chi connectivity index (χ2n) is 7.01. The molecule has 166 valence electrons. The molecule has 0 aliphatic carbocycles. The quantitative estimate of drug-likeness (QED) is 0.349. The Hall–Kier alpha value is -3.32. The van der Waals surface area contributed by atoms with Gasteiger partial charge in [0.1, 0.15) is 17.9 Å². The Kier molecular flexibility index (Phi) is 6.70. The normalized spacial score (nSPS) is 15.1. The van der Waals surface area contributed by atoms with Crippen molar-refractivity contribution in [2.45, 2.75) is 6.61 Å². The number of imide groups is 2. The molecule has 1 saturated heterocycles. The lowest BCUT2D eigenvalue weighted by molar-refractivity contribution is -0.122. The maximum absolute atomic E-state index is 13.1. The number of barbiturate groups is 1. The van der Waals surface area contributed by atoms with Gasteiger partial charge in [0, 0.05) is 15.6 Å². The number of carbonyl (C=O) groups excluding carboxylic acids is 3. The molecule has 3 aromatic rings. The van der Waals surface area contributed by atoms with Crippen LogP contribution in [0.15, 0.2) is 72.3 Å². The Bertz CT molecular complexity index is 1290. The summed E-state index contributed by atoms with van der Waals surface area (Å²) in [7, 11) is 0. The smallest absolute Gasteiger partial charge is 0.335 e. The van der Waals surface area contributed by atoms with Gasteiger partial charge in [0.05, 0.1) is 10.7 Å². The summed E-state index contributed by atoms with van der Waals surface area (Å²) in [6.45, 7) is 0.222. The number of para-hydroxylation sites is 1. The third kappa shape index (κ3) is 5.03. The molecule has 0 atom stereocenters. The van der Waals surface area contributed by atoms with Crippen LogP contribution in [0.5, 0.6) is 5.75 Å². The van der Waals surface area contributed by atoms with Gasteiger partial charge in [-0.05, 0) is 54.1 Å². The fourth-order valence-electron chi connectivity index (χ4n) is 3.17. The highest BCUT2D eigenvalue weighted by molar-refractivity contribution is 6.42. The number of carbonyl (C=O) groups is 3. The second-order valence-corrected chi connectivity index (χ2v) is 8.29. The molecule has 4 rings (SSSR count). The van der Waals surface area contributed by atoms with Crippen molar-refractivity contribution in [3.05, 3.63) is 98.5 Å². The van der Waals surface area contributed by atoms with Crippen LogP contribution in [0.25, 0.3) is 6.08 Å². The summed E-state index contributed by atoms with van der Waals surface area (Å²) in [5.74, 6) is -1.26. The molecule has 0 aromatic heterocycles. The Morgan fingerprint density at radius 2 is 1.58 bits per heavy atom. The first kappa shape index (κ1) is 22.9. The largest absolute Gasteiger partial charge is 0.488 e. The van der Waals surface area contributed by atoms with E-state index in [0.717, 1.165) is 10.5 Å². The lowest BCUT2D eigenvalue weighted by Gasteiger charge is -2.27. The van der Waals surface area contributed by atoms with Crippen molar-refractivity contribution in [1.82, 2.24) is 5.32 Å². The molecule has 33 heavy (non-hydrogen) atoms. The van der Waals surface area contributed by atoms with E-state index in [4.69, 9.17) is 39.5 Å². The highest BCUT2D eigenvalue weighted by atomic mass is 35.5. The van der Waals surface area contributed by atoms with Gasteiger partial charge in [-0.3, -0.25) is 14.9 Å². The number of urea groups is 1. The van der Waals surface area contributed by atoms with Crippen LogP contribution in [0.2, 0.25) is 15.1 Å². The molecule has 0 bridgehead atoms. The molecule has 1 aliphatic heterocycles. The average Bonchev–Trinajstić information content (AvgIpc) is 2.78. The van der Waals surface area contributed by atoms with E-state index in [1.54, 1.807) is 42.5 Å². The van der Waals surface area contributed by atoms with Crippen molar-refractivity contribution >= 4 is 64.4 Å². The van der Waals surface area contributed by atoms with Crippen LogP contribution in [0.4, 0.5) is 10.5 Å². The third-order valence-corrected chi connectivity index (χ3v) is 5.58. The zero-order valence-corrected chi connectivity index (χ0v) is 19.1. The van der Waals surface area contributed by atoms with E-state index in [2.05, 4.69) is 5.32 Å². The van der Waals surface area contributed by atoms with E-state index in [0.29, 0.717) is 21.4 Å². The molecule has 6 nitrogen and oxygen atoms in total. The molecule has 0 unspecified atom stereocenters. The number of benzene rings is 3. The number of rotatable bonds is 5. The van der Waals surface area contributed by atoms with Crippen molar-refractivity contribution in [2.24, 2.45) is 0 Å². The number of hydrogen-bond acceptors (Lipinski definition) is 4. The molecule has 1 aliphatic rings. The minimum absolute atomic E-state index is 0.158. The Morgan fingerprint density at radius 1 is 0.879 bits per heavy atom. The highest BCUT2D eigenvalue weighted by Crippen LogP contribution is 2.31. The zero-order chi connectivity index (χ0) is 23.5. The molecule has 0 spiro atoms. The number of ether oxygens (including phenoxy) is 1. The summed E-state index contributed by atoms with van der Waals surface area (Å²) in [6.07, 6.45) is 1.33. The van der Waals surface area contributed by atoms with E-state index in [1.165, 1.54) is 18.2 Å². The summed E-state index contributed by atoms with van der Waals surface area (Å²) in [6, 6.07) is 17.4. The number of halogens is 3. The topological polar surface area (TPSA) is 75.7 Å². The first-order chi connectivity index (χ1) is 15.8. The van der Waals surface area contributed by atoms with E-state index >= 15 is 0 Å². The van der Waals surface area contributed by atoms with Gasteiger partial charge in [-0.2, -0.15) is 0 Å². The predicted molar refractivity (Wildman–Crippen MR) is 128 cm³/mol. The minimum Gasteiger partial charge on any atom is -0.488 e. The maximum atomic E-state index is 13.1. The molecule has 1 N–H and O–H groups in total. The third-order valence-electron chi connectivity index (χ3n) is 4.77. The van der Waals surface area contributed by atoms with Gasteiger partial charge in [-0.15, -0.1) is 0 Å². The van der Waals surface area contributed by atoms with Crippen LogP contribution in [0.1, 0.15) is 11.1 Å². The number of hydrogen-bond donors (Lipinski definition) is 1. The summed E-state index contributed by atoms with van der Waals surface area (Å²) in [4.78, 5) is 38.9. The molecule has 3 aromatic carbocycles. The number of nitrogens with zero attached hydrogens (tertiary/aromatic N) is 1. The van der Waals surface area contributed by atoms with Crippen molar-refractivity contribution in [1.29, 1.82) is 0 Å². The lowest BCUT2D eigenvalue weighted by atomic mass is 10.1. The van der Waals surface area contributed by atoms with Gasteiger partial charge >= 0.3 is 6.03 Å². The van der Waals surface area contributed by atoms with Gasteiger partial charge in [0.15, 0.2) is 0 Å². The van der Waals surface area contributed by atoms with E-state index in [9.17, 15) is 14.4 Å². The van der Waals surface area contributed by atoms with Crippen molar-refractivity contribution < 1.29 is 19.1 Å². The second kappa shape index (κ2) is 9.67. The number of nitrogens with one attached hydrogen (secondary N) is 1. The van der Waals surface area contributed by atoms with Crippen molar-refractivity contribution in [2.75, 3.05) is 4.90 Å². The van der Waals surface area contributed by atoms with Crippen molar-refractivity contribution in [3.63, 3.8) is 0 Å². The molecular formula is C24H15Cl3N2O4. The summed E-state index contributed by atoms with van der Waals surface area (Å²) in [5.41, 5.74) is 1.15. The van der Waals surface area contributed by atoms with Crippen LogP contribution in [-0.2, 0) is 16.2 Å². The van der Waals surface area contributed by atoms with Gasteiger partial charge in [0.25, 0.3) is 11.8 Å². The molecule has 0 radical (unpaired) electrons. The summed E-state index contributed by atoms with van der Waals surface area (Å²) in [5, 5.41) is 3.34. The zero-order valence-electron chi connectivity index (χ0n) is 16.8. The first-order valence-corrected chi connectivity index (χ1v) is 10.8. The van der Waals surface area contributed by atoms with Gasteiger partial charge in [-0.25, -0.2) is 9.69 Å². The SMILES string of the molecule is O=C1NC(=O)N(c2ccccc2Cl)C(=O)/C1=C/c1cc(Cl)ccc1OCc1ccc(Cl)cc1. The molecular weight excluding hydrogens is 487 g/mol. The summed E-state index contributed by atoms with van der Waals surface area (Å²) < 4.78 is 5.89. The van der Waals surface area contributed by atoms with Crippen LogP contribution in [-0.4, -0.2) is 17.8 Å². The standard InChI is InChI=1S/C24H15Cl3N2O4/c25-16-7-5-14(6-8-16)13-33-21-10-9-17(26)11-15(21)12-18-22(30)28-24(32)29(23(18)31)20-4-2-1-3-19(20)27/h1-12H,13H2,(H,28,30,32)/b18-12+. The monoisotopic (exact) mass is 500 g/mol. The highest BCUT2D eigenvalue weighted by Gasteiger charge is 2.37. The van der Waals surface area contributed by atoms with Gasteiger partial charge in [0.2, 0.25) is 0 Å². The van der Waals surface area contributed by atoms with Crippen LogP contribution in [0, 0.1) is 0 Å². The maximum Gasteiger partial charge on any atom is 0.335 e. The van der Waals surface area contributed by atoms with Crippen LogP contribution < -0.4 is 15.0 Å². The predicted octanol–water partition coefficient (Wildman–Crippen LogP) is 5.89. The fraction of sp³-hybridized carbons (Fsp3) is 0.0417. The minimum atomic E-state index is -0.888. The Labute approximate surface area is 204 Å². The summed E-state index contributed by atoms with van der Waals surface area (Å²) >= 11 is 18.2. The average molecular weight is 502 g/mol. The van der Waals surface area contributed by atoms with Crippen molar-refractivity contribution in [3.8, 4) is 5.75 Å². The van der Waals surface area contributed by atoms with Crippen LogP contribution >= 0.6 is 34.8 Å². The van der Waals surface area contributed by atoms with Gasteiger partial charge in [-0.1, -0.05) is 59.1 Å². The molecule has 0 saturated carbocycles. The lowest BCUT2D eigenvalue weighted by Crippen LogP contribution is -2.54. The van der Waals surface area contributed by atoms with Crippen LogP contribution in [0.3, 0.4) is 0 Å². The Balaban J connectivity index is 1.68. The molecule has 4 amide bonds. The molecule has 1 heterocycles. The molecule has 9 heteroatoms. The fourth-order valence-corrected chi connectivity index (χ4v) is 3.70. The van der Waals surface area contributed by atoms with E-state index < -0.39 is 17.8 Å².